The van der Waals surface area contributed by atoms with E-state index in [2.05, 4.69) is 40.2 Å². The molecule has 1 heterocycles. The second-order valence-electron chi connectivity index (χ2n) is 5.32. The molecule has 1 amide bonds. The van der Waals surface area contributed by atoms with Gasteiger partial charge in [-0.2, -0.15) is 0 Å². The Balaban J connectivity index is 2.15. The molecule has 1 aliphatic rings. The summed E-state index contributed by atoms with van der Waals surface area (Å²) in [5, 5.41) is 2.07. The number of piperidine rings is 1. The molecule has 2 atom stereocenters. The van der Waals surface area contributed by atoms with Gasteiger partial charge in [-0.05, 0) is 60.8 Å². The van der Waals surface area contributed by atoms with Crippen molar-refractivity contribution in [2.45, 2.75) is 45.2 Å². The fraction of sp³-hybridized carbons (Fsp3) is 0.533. The number of carbonyl (C=O) groups is 1. The van der Waals surface area contributed by atoms with Crippen molar-refractivity contribution in [2.75, 3.05) is 7.11 Å². The topological polar surface area (TPSA) is 41.6 Å². The number of hydrazine groups is 1. The van der Waals surface area contributed by atoms with Crippen LogP contribution in [0.2, 0.25) is 0 Å². The number of carbonyl (C=O) groups excluding carboxylic acids is 1. The van der Waals surface area contributed by atoms with Crippen molar-refractivity contribution < 1.29 is 9.53 Å². The maximum atomic E-state index is 12.5. The third-order valence-electron chi connectivity index (χ3n) is 3.84. The summed E-state index contributed by atoms with van der Waals surface area (Å²) in [6.45, 7) is 4.30. The van der Waals surface area contributed by atoms with Crippen LogP contribution >= 0.6 is 15.9 Å². The molecule has 1 aliphatic heterocycles. The first-order chi connectivity index (χ1) is 9.52. The van der Waals surface area contributed by atoms with Gasteiger partial charge in [0.2, 0.25) is 0 Å². The van der Waals surface area contributed by atoms with Crippen molar-refractivity contribution in [2.24, 2.45) is 0 Å². The maximum absolute atomic E-state index is 12.5. The summed E-state index contributed by atoms with van der Waals surface area (Å²) >= 11 is 3.42. The van der Waals surface area contributed by atoms with Gasteiger partial charge in [-0.1, -0.05) is 6.42 Å². The Labute approximate surface area is 128 Å². The molecule has 0 saturated carbocycles. The van der Waals surface area contributed by atoms with Gasteiger partial charge in [0.25, 0.3) is 5.91 Å². The van der Waals surface area contributed by atoms with E-state index in [0.717, 1.165) is 17.3 Å². The van der Waals surface area contributed by atoms with E-state index >= 15 is 0 Å². The Morgan fingerprint density at radius 1 is 1.35 bits per heavy atom. The molecule has 20 heavy (non-hydrogen) atoms. The number of hydrogen-bond acceptors (Lipinski definition) is 3. The van der Waals surface area contributed by atoms with Crippen LogP contribution in [0.4, 0.5) is 0 Å². The lowest BCUT2D eigenvalue weighted by molar-refractivity contribution is 0.0369. The highest BCUT2D eigenvalue weighted by Crippen LogP contribution is 2.24. The van der Waals surface area contributed by atoms with Crippen molar-refractivity contribution in [3.63, 3.8) is 0 Å². The van der Waals surface area contributed by atoms with Gasteiger partial charge < -0.3 is 4.74 Å². The highest BCUT2D eigenvalue weighted by atomic mass is 79.9. The molecule has 1 aromatic carbocycles. The van der Waals surface area contributed by atoms with Crippen LogP contribution in [0.3, 0.4) is 0 Å². The van der Waals surface area contributed by atoms with Crippen molar-refractivity contribution in [3.05, 3.63) is 28.2 Å². The number of methoxy groups -OCH3 is 1. The predicted octanol–water partition coefficient (Wildman–Crippen LogP) is 3.37. The van der Waals surface area contributed by atoms with E-state index in [0.29, 0.717) is 23.4 Å². The Morgan fingerprint density at radius 2 is 2.00 bits per heavy atom. The maximum Gasteiger partial charge on any atom is 0.266 e. The zero-order valence-electron chi connectivity index (χ0n) is 12.1. The van der Waals surface area contributed by atoms with E-state index < -0.39 is 0 Å². The zero-order valence-corrected chi connectivity index (χ0v) is 13.7. The summed E-state index contributed by atoms with van der Waals surface area (Å²) < 4.78 is 5.95. The first-order valence-corrected chi connectivity index (χ1v) is 7.75. The first-order valence-electron chi connectivity index (χ1n) is 6.95. The lowest BCUT2D eigenvalue weighted by atomic mass is 10.00. The van der Waals surface area contributed by atoms with Crippen molar-refractivity contribution in [1.29, 1.82) is 0 Å². The number of benzene rings is 1. The van der Waals surface area contributed by atoms with Gasteiger partial charge in [0.1, 0.15) is 5.75 Å². The molecule has 0 radical (unpaired) electrons. The molecule has 1 aromatic rings. The zero-order chi connectivity index (χ0) is 14.7. The average molecular weight is 341 g/mol. The smallest absolute Gasteiger partial charge is 0.266 e. The Morgan fingerprint density at radius 3 is 2.60 bits per heavy atom. The summed E-state index contributed by atoms with van der Waals surface area (Å²) in [6.07, 6.45) is 3.45. The highest BCUT2D eigenvalue weighted by molar-refractivity contribution is 9.10. The molecule has 0 bridgehead atoms. The van der Waals surface area contributed by atoms with E-state index in [4.69, 9.17) is 4.74 Å². The van der Waals surface area contributed by atoms with Crippen LogP contribution in [0.15, 0.2) is 22.7 Å². The van der Waals surface area contributed by atoms with Crippen LogP contribution in [0.1, 0.15) is 43.5 Å². The summed E-state index contributed by atoms with van der Waals surface area (Å²) in [6, 6.07) is 6.14. The van der Waals surface area contributed by atoms with Crippen LogP contribution in [-0.4, -0.2) is 30.1 Å². The molecule has 1 saturated heterocycles. The fourth-order valence-corrected chi connectivity index (χ4v) is 3.05. The van der Waals surface area contributed by atoms with Gasteiger partial charge in [-0.25, -0.2) is 5.01 Å². The lowest BCUT2D eigenvalue weighted by Gasteiger charge is -2.38. The summed E-state index contributed by atoms with van der Waals surface area (Å²) in [7, 11) is 1.60. The number of halogens is 1. The normalized spacial score (nSPS) is 23.4. The fourth-order valence-electron chi connectivity index (χ4n) is 2.62. The van der Waals surface area contributed by atoms with Gasteiger partial charge in [0.15, 0.2) is 0 Å². The third kappa shape index (κ3) is 3.33. The van der Waals surface area contributed by atoms with Crippen LogP contribution in [0.25, 0.3) is 0 Å². The van der Waals surface area contributed by atoms with E-state index in [9.17, 15) is 4.79 Å². The van der Waals surface area contributed by atoms with E-state index in [1.54, 1.807) is 13.2 Å². The van der Waals surface area contributed by atoms with Gasteiger partial charge in [-0.3, -0.25) is 10.2 Å². The Hall–Kier alpha value is -1.07. The van der Waals surface area contributed by atoms with Crippen LogP contribution in [0, 0.1) is 0 Å². The molecule has 0 spiro atoms. The minimum Gasteiger partial charge on any atom is -0.497 e. The quantitative estimate of drug-likeness (QED) is 0.917. The largest absolute Gasteiger partial charge is 0.497 e. The SMILES string of the molecule is COc1ccc(Br)c(C(=O)NN2C(C)CCCC2C)c1. The first kappa shape index (κ1) is 15.3. The summed E-state index contributed by atoms with van der Waals surface area (Å²) in [4.78, 5) is 12.5. The van der Waals surface area contributed by atoms with Gasteiger partial charge in [0.05, 0.1) is 12.7 Å². The Bertz CT molecular complexity index is 483. The Kier molecular flexibility index (Phi) is 5.05. The van der Waals surface area contributed by atoms with E-state index in [1.165, 1.54) is 6.42 Å². The highest BCUT2D eigenvalue weighted by Gasteiger charge is 2.26. The predicted molar refractivity (Wildman–Crippen MR) is 82.8 cm³/mol. The van der Waals surface area contributed by atoms with Crippen molar-refractivity contribution in [3.8, 4) is 5.75 Å². The molecule has 0 aromatic heterocycles. The van der Waals surface area contributed by atoms with Gasteiger partial charge in [0, 0.05) is 16.6 Å². The molecule has 1 fully saturated rings. The van der Waals surface area contributed by atoms with E-state index in [1.807, 2.05) is 12.1 Å². The standard InChI is InChI=1S/C15H21BrN2O2/c1-10-5-4-6-11(2)18(10)17-15(19)13-9-12(20-3)7-8-14(13)16/h7-11H,4-6H2,1-3H3,(H,17,19). The molecule has 2 unspecified atom stereocenters. The monoisotopic (exact) mass is 340 g/mol. The molecular weight excluding hydrogens is 320 g/mol. The van der Waals surface area contributed by atoms with Crippen LogP contribution in [-0.2, 0) is 0 Å². The molecule has 2 rings (SSSR count). The molecule has 5 heteroatoms. The van der Waals surface area contributed by atoms with Crippen molar-refractivity contribution in [1.82, 2.24) is 10.4 Å². The minimum absolute atomic E-state index is 0.101. The second kappa shape index (κ2) is 6.59. The van der Waals surface area contributed by atoms with Gasteiger partial charge >= 0.3 is 0 Å². The number of amides is 1. The molecule has 110 valence electrons. The number of rotatable bonds is 3. The molecular formula is C15H21BrN2O2. The van der Waals surface area contributed by atoms with Crippen LogP contribution < -0.4 is 10.2 Å². The second-order valence-corrected chi connectivity index (χ2v) is 6.18. The number of ether oxygens (including phenoxy) is 1. The number of nitrogens with zero attached hydrogens (tertiary/aromatic N) is 1. The molecule has 4 nitrogen and oxygen atoms in total. The minimum atomic E-state index is -0.101. The van der Waals surface area contributed by atoms with Crippen LogP contribution in [0.5, 0.6) is 5.75 Å². The number of hydrogen-bond donors (Lipinski definition) is 1. The molecule has 0 aliphatic carbocycles. The van der Waals surface area contributed by atoms with Gasteiger partial charge in [-0.15, -0.1) is 0 Å². The summed E-state index contributed by atoms with van der Waals surface area (Å²) in [5.41, 5.74) is 3.63. The lowest BCUT2D eigenvalue weighted by Crippen LogP contribution is -2.54. The van der Waals surface area contributed by atoms with E-state index in [-0.39, 0.29) is 5.91 Å². The molecule has 1 N–H and O–H groups in total. The average Bonchev–Trinajstić information content (AvgIpc) is 2.43. The van der Waals surface area contributed by atoms with Crippen molar-refractivity contribution >= 4 is 21.8 Å². The summed E-state index contributed by atoms with van der Waals surface area (Å²) in [5.74, 6) is 0.578. The number of nitrogens with one attached hydrogen (secondary N) is 1. The third-order valence-corrected chi connectivity index (χ3v) is 4.53.